The van der Waals surface area contributed by atoms with E-state index < -0.39 is 11.3 Å². The van der Waals surface area contributed by atoms with E-state index in [0.717, 1.165) is 59.5 Å². The van der Waals surface area contributed by atoms with Crippen molar-refractivity contribution in [1.29, 1.82) is 0 Å². The van der Waals surface area contributed by atoms with Crippen molar-refractivity contribution >= 4 is 76.4 Å². The fourth-order valence-corrected chi connectivity index (χ4v) is 12.3. The molecule has 0 spiro atoms. The van der Waals surface area contributed by atoms with Gasteiger partial charge in [-0.05, 0) is 120 Å². The Hall–Kier alpha value is -8.66. The average molecular weight is 1320 g/mol. The number of ether oxygens (including phenoxy) is 9. The van der Waals surface area contributed by atoms with Crippen LogP contribution in [0, 0.1) is 6.92 Å². The van der Waals surface area contributed by atoms with Crippen molar-refractivity contribution in [1.82, 2.24) is 40.0 Å². The summed E-state index contributed by atoms with van der Waals surface area (Å²) in [5.41, 5.74) is 7.06. The van der Waals surface area contributed by atoms with Gasteiger partial charge < -0.3 is 61.3 Å². The predicted octanol–water partition coefficient (Wildman–Crippen LogP) is 11.4. The largest absolute Gasteiger partial charge is 0.487 e. The van der Waals surface area contributed by atoms with E-state index in [0.29, 0.717) is 162 Å². The van der Waals surface area contributed by atoms with Crippen molar-refractivity contribution < 1.29 is 51.5 Å². The van der Waals surface area contributed by atoms with Gasteiger partial charge >= 0.3 is 11.3 Å². The normalized spacial score (nSPS) is 11.8. The molecule has 0 amide bonds. The molecule has 6 heterocycles. The molecule has 0 aliphatic rings. The standard InChI is InChI=1S/C69H78N10O13S2/c1-7-82-24-25-85-30-33-88-61-36-48(6)37-62(89-34-31-86-28-26-83-22-20-76-42-51(72-74-76)44-78(46(2)3)53-18-16-49-38-55(68(80)91-59(49)40-53)66-70-57-12-8-10-14-63(57)93-66)65(61)90-35-32-87-29-27-84-23-21-77-43-52(73-75-77)45-79(47(4)5)54-19-17-50-39-56(69(81)92-60(50)41-54)67-71-58-13-9-11-15-64(58)94-67/h8-19,36-43,46-47H,7,20-35,44-45H2,1-6H3. The minimum absolute atomic E-state index is 0.114. The quantitative estimate of drug-likeness (QED) is 0.0258. The van der Waals surface area contributed by atoms with Crippen LogP contribution in [0.25, 0.3) is 63.5 Å². The zero-order valence-corrected chi connectivity index (χ0v) is 55.4. The topological polar surface area (TPSA) is 237 Å². The number of thiazole rings is 2. The van der Waals surface area contributed by atoms with E-state index in [1.54, 1.807) is 9.36 Å². The minimum Gasteiger partial charge on any atom is -0.487 e. The van der Waals surface area contributed by atoms with Crippen LogP contribution in [0.5, 0.6) is 17.2 Å². The zero-order valence-electron chi connectivity index (χ0n) is 53.7. The van der Waals surface area contributed by atoms with E-state index in [4.69, 9.17) is 51.5 Å². The van der Waals surface area contributed by atoms with Crippen LogP contribution in [-0.4, -0.2) is 151 Å². The Bertz CT molecular complexity index is 4310. The first-order chi connectivity index (χ1) is 45.9. The number of rotatable bonds is 38. The Morgan fingerprint density at radius 2 is 0.904 bits per heavy atom. The second-order valence-electron chi connectivity index (χ2n) is 22.6. The highest BCUT2D eigenvalue weighted by Gasteiger charge is 2.21. The van der Waals surface area contributed by atoms with Gasteiger partial charge in [-0.25, -0.2) is 28.9 Å². The minimum atomic E-state index is -0.424. The van der Waals surface area contributed by atoms with E-state index in [2.05, 4.69) is 68.1 Å². The molecule has 0 radical (unpaired) electrons. The lowest BCUT2D eigenvalue weighted by molar-refractivity contribution is 0.0291. The van der Waals surface area contributed by atoms with Crippen LogP contribution >= 0.6 is 22.7 Å². The first kappa shape index (κ1) is 66.8. The highest BCUT2D eigenvalue weighted by Crippen LogP contribution is 2.39. The summed E-state index contributed by atoms with van der Waals surface area (Å²) in [6, 6.07) is 35.2. The summed E-state index contributed by atoms with van der Waals surface area (Å²) in [5.74, 6) is 1.51. The number of hydrogen-bond donors (Lipinski definition) is 0. The van der Waals surface area contributed by atoms with Gasteiger partial charge in [-0.15, -0.1) is 32.9 Å². The molecule has 0 N–H and O–H groups in total. The number of benzene rings is 5. The van der Waals surface area contributed by atoms with E-state index in [-0.39, 0.29) is 25.3 Å². The van der Waals surface area contributed by atoms with Crippen LogP contribution in [-0.2, 0) is 54.6 Å². The van der Waals surface area contributed by atoms with Gasteiger partial charge in [0.05, 0.1) is 143 Å². The van der Waals surface area contributed by atoms with Crippen LogP contribution in [0.15, 0.2) is 140 Å². The van der Waals surface area contributed by atoms with Crippen molar-refractivity contribution in [2.45, 2.75) is 79.8 Å². The first-order valence-corrected chi connectivity index (χ1v) is 33.2. The van der Waals surface area contributed by atoms with E-state index in [1.807, 2.05) is 135 Å². The Labute approximate surface area is 551 Å². The van der Waals surface area contributed by atoms with Crippen LogP contribution in [0.1, 0.15) is 51.6 Å². The van der Waals surface area contributed by atoms with Crippen molar-refractivity contribution in [3.8, 4) is 38.4 Å². The molecule has 11 rings (SSSR count). The van der Waals surface area contributed by atoms with Crippen LogP contribution in [0.3, 0.4) is 0 Å². The van der Waals surface area contributed by atoms with Gasteiger partial charge in [0, 0.05) is 53.0 Å². The Morgan fingerprint density at radius 1 is 0.489 bits per heavy atom. The van der Waals surface area contributed by atoms with Gasteiger partial charge in [0.1, 0.15) is 52.4 Å². The number of hydrogen-bond acceptors (Lipinski definition) is 23. The molecule has 0 aliphatic heterocycles. The maximum absolute atomic E-state index is 13.2. The molecule has 94 heavy (non-hydrogen) atoms. The van der Waals surface area contributed by atoms with E-state index in [1.165, 1.54) is 22.7 Å². The Balaban J connectivity index is 0.585. The predicted molar refractivity (Wildman–Crippen MR) is 363 cm³/mol. The summed E-state index contributed by atoms with van der Waals surface area (Å²) in [6.07, 6.45) is 3.83. The van der Waals surface area contributed by atoms with Gasteiger partial charge in [0.25, 0.3) is 0 Å². The molecule has 0 saturated carbocycles. The number of para-hydroxylation sites is 2. The van der Waals surface area contributed by atoms with Crippen LogP contribution in [0.4, 0.5) is 11.4 Å². The molecule has 0 bridgehead atoms. The number of aryl methyl sites for hydroxylation is 1. The van der Waals surface area contributed by atoms with Gasteiger partial charge in [-0.2, -0.15) is 0 Å². The summed E-state index contributed by atoms with van der Waals surface area (Å²) in [4.78, 5) is 40.2. The second kappa shape index (κ2) is 32.9. The molecule has 6 aromatic heterocycles. The first-order valence-electron chi connectivity index (χ1n) is 31.6. The molecule has 0 unspecified atom stereocenters. The van der Waals surface area contributed by atoms with E-state index in [9.17, 15) is 9.59 Å². The fourth-order valence-electron chi connectivity index (χ4n) is 10.4. The number of anilines is 2. The summed E-state index contributed by atoms with van der Waals surface area (Å²) < 4.78 is 70.7. The third kappa shape index (κ3) is 17.8. The summed E-state index contributed by atoms with van der Waals surface area (Å²) in [6.45, 7) is 20.1. The molecule has 25 heteroatoms. The maximum Gasteiger partial charge on any atom is 0.346 e. The molecule has 0 atom stereocenters. The molecule has 0 saturated heterocycles. The molecular formula is C69H78N10O13S2. The van der Waals surface area contributed by atoms with Gasteiger partial charge in [-0.3, -0.25) is 0 Å². The van der Waals surface area contributed by atoms with Gasteiger partial charge in [-0.1, -0.05) is 34.7 Å². The van der Waals surface area contributed by atoms with Crippen molar-refractivity contribution in [2.75, 3.05) is 109 Å². The lowest BCUT2D eigenvalue weighted by Crippen LogP contribution is -2.30. The van der Waals surface area contributed by atoms with Gasteiger partial charge in [0.2, 0.25) is 5.75 Å². The summed E-state index contributed by atoms with van der Waals surface area (Å²) >= 11 is 2.95. The SMILES string of the molecule is CCOCCOCCOc1cc(C)cc(OCCOCCOCCn2cc(CN(c3ccc4cc(-c5nc6ccccc6s5)c(=O)oc4c3)C(C)C)nn2)c1OCCOCCOCCn1cc(CN(c2ccc3cc(-c4nc5ccccc5s4)c(=O)oc3c2)C(C)C)nn1. The van der Waals surface area contributed by atoms with Crippen molar-refractivity contribution in [3.63, 3.8) is 0 Å². The fraction of sp³-hybridized carbons (Fsp3) is 0.391. The lowest BCUT2D eigenvalue weighted by Gasteiger charge is -2.28. The highest BCUT2D eigenvalue weighted by atomic mass is 32.1. The van der Waals surface area contributed by atoms with Crippen LogP contribution < -0.4 is 35.3 Å². The monoisotopic (exact) mass is 1320 g/mol. The molecule has 23 nitrogen and oxygen atoms in total. The van der Waals surface area contributed by atoms with Gasteiger partial charge in [0.15, 0.2) is 11.5 Å². The third-order valence-electron chi connectivity index (χ3n) is 15.1. The zero-order chi connectivity index (χ0) is 65.2. The van der Waals surface area contributed by atoms with Crippen molar-refractivity contribution in [2.24, 2.45) is 0 Å². The molecule has 494 valence electrons. The molecule has 0 aliphatic carbocycles. The Morgan fingerprint density at radius 3 is 1.34 bits per heavy atom. The highest BCUT2D eigenvalue weighted by molar-refractivity contribution is 7.22. The third-order valence-corrected chi connectivity index (χ3v) is 17.2. The van der Waals surface area contributed by atoms with Crippen molar-refractivity contribution in [3.05, 3.63) is 159 Å². The second-order valence-corrected chi connectivity index (χ2v) is 24.7. The summed E-state index contributed by atoms with van der Waals surface area (Å²) in [5, 5.41) is 20.5. The molecule has 11 aromatic rings. The molecule has 5 aromatic carbocycles. The smallest absolute Gasteiger partial charge is 0.346 e. The Kier molecular flexibility index (Phi) is 23.4. The average Bonchev–Trinajstić information content (AvgIpc) is 1.67. The van der Waals surface area contributed by atoms with Crippen LogP contribution in [0.2, 0.25) is 0 Å². The number of fused-ring (bicyclic) bond motifs is 4. The molecule has 0 fully saturated rings. The number of nitrogens with zero attached hydrogens (tertiary/aromatic N) is 10. The van der Waals surface area contributed by atoms with E-state index >= 15 is 0 Å². The summed E-state index contributed by atoms with van der Waals surface area (Å²) in [7, 11) is 0. The maximum atomic E-state index is 13.2. The molecular weight excluding hydrogens is 1240 g/mol. The lowest BCUT2D eigenvalue weighted by atomic mass is 10.1. The number of aromatic nitrogens is 8.